The van der Waals surface area contributed by atoms with E-state index < -0.39 is 18.0 Å². The Hall–Kier alpha value is -3.15. The average molecular weight is 369 g/mol. The van der Waals surface area contributed by atoms with E-state index in [4.69, 9.17) is 4.74 Å². The van der Waals surface area contributed by atoms with Crippen LogP contribution >= 0.6 is 0 Å². The molecule has 0 bridgehead atoms. The van der Waals surface area contributed by atoms with Gasteiger partial charge in [-0.05, 0) is 42.8 Å². The number of phenolic OH excluding ortho intramolecular Hbond substituents is 1. The van der Waals surface area contributed by atoms with Crippen LogP contribution in [0.25, 0.3) is 0 Å². The third kappa shape index (κ3) is 5.17. The molecule has 0 aliphatic rings. The van der Waals surface area contributed by atoms with E-state index in [1.807, 2.05) is 0 Å². The van der Waals surface area contributed by atoms with Crippen molar-refractivity contribution in [1.82, 2.24) is 0 Å². The highest BCUT2D eigenvalue weighted by Crippen LogP contribution is 2.22. The van der Waals surface area contributed by atoms with Crippen molar-refractivity contribution >= 4 is 23.3 Å². The number of anilines is 1. The molecule has 0 atom stereocenters. The molecule has 1 amide bonds. The van der Waals surface area contributed by atoms with Crippen LogP contribution in [-0.2, 0) is 9.53 Å². The summed E-state index contributed by atoms with van der Waals surface area (Å²) in [5, 5.41) is 12.7. The lowest BCUT2D eigenvalue weighted by atomic mass is 9.95. The zero-order valence-corrected chi connectivity index (χ0v) is 15.8. The van der Waals surface area contributed by atoms with Crippen molar-refractivity contribution in [3.8, 4) is 5.75 Å². The fourth-order valence-corrected chi connectivity index (χ4v) is 2.17. The number of carbonyl (C=O) groups is 3. The summed E-state index contributed by atoms with van der Waals surface area (Å²) in [6, 6.07) is 11.1. The second-order valence-corrected chi connectivity index (χ2v) is 7.25. The summed E-state index contributed by atoms with van der Waals surface area (Å²) in [4.78, 5) is 36.2. The zero-order chi connectivity index (χ0) is 20.2. The Morgan fingerprint density at radius 1 is 1.04 bits per heavy atom. The van der Waals surface area contributed by atoms with Crippen molar-refractivity contribution in [2.24, 2.45) is 5.41 Å². The molecule has 142 valence electrons. The highest BCUT2D eigenvalue weighted by molar-refractivity contribution is 6.01. The molecule has 0 heterocycles. The van der Waals surface area contributed by atoms with Gasteiger partial charge in [0, 0.05) is 16.7 Å². The molecule has 0 spiro atoms. The van der Waals surface area contributed by atoms with Gasteiger partial charge in [-0.1, -0.05) is 32.9 Å². The van der Waals surface area contributed by atoms with E-state index in [1.165, 1.54) is 6.07 Å². The first-order valence-electron chi connectivity index (χ1n) is 8.50. The summed E-state index contributed by atoms with van der Waals surface area (Å²) in [7, 11) is 0. The molecule has 0 aliphatic carbocycles. The first-order valence-corrected chi connectivity index (χ1v) is 8.50. The summed E-state index contributed by atoms with van der Waals surface area (Å²) in [6.07, 6.45) is 0. The first-order chi connectivity index (χ1) is 12.6. The Morgan fingerprint density at radius 2 is 1.67 bits per heavy atom. The molecule has 0 saturated carbocycles. The molecule has 2 N–H and O–H groups in total. The summed E-state index contributed by atoms with van der Waals surface area (Å²) in [6.45, 7) is 6.64. The van der Waals surface area contributed by atoms with Crippen LogP contribution in [0.1, 0.15) is 47.1 Å². The molecular formula is C21H23NO5. The summed E-state index contributed by atoms with van der Waals surface area (Å²) in [5.41, 5.74) is 0.967. The number of para-hydroxylation sites is 1. The van der Waals surface area contributed by atoms with Gasteiger partial charge in [0.1, 0.15) is 11.3 Å². The molecule has 0 radical (unpaired) electrons. The summed E-state index contributed by atoms with van der Waals surface area (Å²) in [5.74, 6) is -1.44. The Labute approximate surface area is 158 Å². The molecular weight excluding hydrogens is 346 g/mol. The van der Waals surface area contributed by atoms with E-state index >= 15 is 0 Å². The molecule has 0 aromatic heterocycles. The lowest BCUT2D eigenvalue weighted by Gasteiger charge is -2.17. The van der Waals surface area contributed by atoms with Crippen molar-refractivity contribution in [2.45, 2.75) is 27.7 Å². The maximum Gasteiger partial charge on any atom is 0.342 e. The number of hydrogen-bond donors (Lipinski definition) is 2. The minimum absolute atomic E-state index is 0.0167. The maximum atomic E-state index is 12.2. The van der Waals surface area contributed by atoms with Crippen LogP contribution in [0.3, 0.4) is 0 Å². The van der Waals surface area contributed by atoms with Crippen LogP contribution in [-0.4, -0.2) is 29.4 Å². The molecule has 6 nitrogen and oxygen atoms in total. The van der Waals surface area contributed by atoms with Gasteiger partial charge in [0.15, 0.2) is 12.4 Å². The normalized spacial score (nSPS) is 11.0. The van der Waals surface area contributed by atoms with E-state index in [9.17, 15) is 19.5 Å². The first kappa shape index (κ1) is 20.2. The quantitative estimate of drug-likeness (QED) is 0.619. The largest absolute Gasteiger partial charge is 0.507 e. The van der Waals surface area contributed by atoms with Crippen LogP contribution in [0.15, 0.2) is 42.5 Å². The third-order valence-electron chi connectivity index (χ3n) is 3.94. The second-order valence-electron chi connectivity index (χ2n) is 7.25. The summed E-state index contributed by atoms with van der Waals surface area (Å²) >= 11 is 0. The van der Waals surface area contributed by atoms with Crippen molar-refractivity contribution in [3.63, 3.8) is 0 Å². The fourth-order valence-electron chi connectivity index (χ4n) is 2.17. The van der Waals surface area contributed by atoms with Crippen molar-refractivity contribution < 1.29 is 24.2 Å². The van der Waals surface area contributed by atoms with Gasteiger partial charge in [-0.2, -0.15) is 0 Å². The van der Waals surface area contributed by atoms with E-state index in [0.717, 1.165) is 0 Å². The van der Waals surface area contributed by atoms with Crippen molar-refractivity contribution in [1.29, 1.82) is 0 Å². The van der Waals surface area contributed by atoms with Crippen LogP contribution in [0.2, 0.25) is 0 Å². The van der Waals surface area contributed by atoms with Crippen LogP contribution < -0.4 is 5.32 Å². The number of benzene rings is 2. The lowest BCUT2D eigenvalue weighted by molar-refractivity contribution is -0.123. The number of phenols is 1. The van der Waals surface area contributed by atoms with Gasteiger partial charge < -0.3 is 15.2 Å². The molecule has 2 rings (SSSR count). The van der Waals surface area contributed by atoms with E-state index in [-0.39, 0.29) is 23.0 Å². The van der Waals surface area contributed by atoms with Crippen molar-refractivity contribution in [3.05, 3.63) is 59.2 Å². The number of ketones is 1. The molecule has 0 saturated heterocycles. The highest BCUT2D eigenvalue weighted by atomic mass is 16.5. The van der Waals surface area contributed by atoms with Crippen LogP contribution in [0.4, 0.5) is 5.69 Å². The standard InChI is InChI=1S/C21H23NO5/c1-13-6-5-7-16(18(13)24)19(25)27-12-17(23)14-8-10-15(11-9-14)22-20(26)21(2,3)4/h5-11,24H,12H2,1-4H3,(H,22,26). The number of ether oxygens (including phenoxy) is 1. The molecule has 0 fully saturated rings. The molecule has 2 aromatic rings. The number of nitrogens with one attached hydrogen (secondary N) is 1. The number of Topliss-reactive ketones (excluding diaryl/α,β-unsaturated/α-hetero) is 1. The zero-order valence-electron chi connectivity index (χ0n) is 15.8. The second kappa shape index (κ2) is 8.03. The predicted octanol–water partition coefficient (Wildman–Crippen LogP) is 3.72. The topological polar surface area (TPSA) is 92.7 Å². The lowest BCUT2D eigenvalue weighted by Crippen LogP contribution is -2.27. The van der Waals surface area contributed by atoms with Crippen LogP contribution in [0, 0.1) is 12.3 Å². The van der Waals surface area contributed by atoms with Gasteiger partial charge >= 0.3 is 5.97 Å². The molecule has 6 heteroatoms. The van der Waals surface area contributed by atoms with E-state index in [0.29, 0.717) is 16.8 Å². The molecule has 27 heavy (non-hydrogen) atoms. The number of rotatable bonds is 5. The predicted molar refractivity (Wildman–Crippen MR) is 102 cm³/mol. The number of hydrogen-bond acceptors (Lipinski definition) is 5. The number of carbonyl (C=O) groups excluding carboxylic acids is 3. The molecule has 0 unspecified atom stereocenters. The minimum Gasteiger partial charge on any atom is -0.507 e. The number of aryl methyl sites for hydroxylation is 1. The Balaban J connectivity index is 1.97. The van der Waals surface area contributed by atoms with Gasteiger partial charge in [-0.3, -0.25) is 9.59 Å². The number of esters is 1. The monoisotopic (exact) mass is 369 g/mol. The Bertz CT molecular complexity index is 863. The Kier molecular flexibility index (Phi) is 6.00. The summed E-state index contributed by atoms with van der Waals surface area (Å²) < 4.78 is 5.00. The Morgan fingerprint density at radius 3 is 2.26 bits per heavy atom. The molecule has 2 aromatic carbocycles. The highest BCUT2D eigenvalue weighted by Gasteiger charge is 2.21. The average Bonchev–Trinajstić information content (AvgIpc) is 2.61. The van der Waals surface area contributed by atoms with E-state index in [2.05, 4.69) is 5.32 Å². The van der Waals surface area contributed by atoms with Crippen molar-refractivity contribution in [2.75, 3.05) is 11.9 Å². The fraction of sp³-hybridized carbons (Fsp3) is 0.286. The van der Waals surface area contributed by atoms with Gasteiger partial charge in [0.2, 0.25) is 5.91 Å². The third-order valence-corrected chi connectivity index (χ3v) is 3.94. The smallest absolute Gasteiger partial charge is 0.342 e. The SMILES string of the molecule is Cc1cccc(C(=O)OCC(=O)c2ccc(NC(=O)C(C)(C)C)cc2)c1O. The van der Waals surface area contributed by atoms with Gasteiger partial charge in [0.25, 0.3) is 0 Å². The molecule has 0 aliphatic heterocycles. The maximum absolute atomic E-state index is 12.2. The van der Waals surface area contributed by atoms with E-state index in [1.54, 1.807) is 64.1 Å². The van der Waals surface area contributed by atoms with Crippen LogP contribution in [0.5, 0.6) is 5.75 Å². The minimum atomic E-state index is -0.765. The number of amides is 1. The van der Waals surface area contributed by atoms with Gasteiger partial charge in [-0.15, -0.1) is 0 Å². The number of aromatic hydroxyl groups is 1. The van der Waals surface area contributed by atoms with Gasteiger partial charge in [0.05, 0.1) is 0 Å². The van der Waals surface area contributed by atoms with Gasteiger partial charge in [-0.25, -0.2) is 4.79 Å².